The molecule has 1 heterocycles. The molecular weight excluding hydrogens is 224 g/mol. The summed E-state index contributed by atoms with van der Waals surface area (Å²) >= 11 is 0. The second kappa shape index (κ2) is 6.21. The summed E-state index contributed by atoms with van der Waals surface area (Å²) in [7, 11) is 0. The summed E-state index contributed by atoms with van der Waals surface area (Å²) < 4.78 is 0. The monoisotopic (exact) mass is 248 g/mol. The van der Waals surface area contributed by atoms with Crippen LogP contribution in [0.15, 0.2) is 18.2 Å². The first kappa shape index (κ1) is 13.4. The quantitative estimate of drug-likeness (QED) is 0.880. The number of benzene rings is 1. The van der Waals surface area contributed by atoms with Crippen molar-refractivity contribution in [1.82, 2.24) is 4.90 Å². The topological polar surface area (TPSA) is 26.7 Å². The van der Waals surface area contributed by atoms with Gasteiger partial charge in [-0.05, 0) is 31.9 Å². The van der Waals surface area contributed by atoms with Crippen LogP contribution in [0.4, 0.5) is 5.69 Å². The van der Waals surface area contributed by atoms with E-state index in [1.54, 1.807) is 0 Å². The molecule has 3 nitrogen and oxygen atoms in total. The van der Waals surface area contributed by atoms with Crippen LogP contribution >= 0.6 is 0 Å². The van der Waals surface area contributed by atoms with Crippen molar-refractivity contribution in [1.29, 1.82) is 0 Å². The highest BCUT2D eigenvalue weighted by Crippen LogP contribution is 2.22. The standard InChI is InChI=1S/C15H24N2O/c1-13-4-5-15(14(2)12-13)17-9-7-16(8-10-17)6-3-11-18/h4-5,12,18H,3,6-11H2,1-2H3. The van der Waals surface area contributed by atoms with Crippen LogP contribution in [-0.2, 0) is 0 Å². The molecule has 0 aromatic heterocycles. The fourth-order valence-corrected chi connectivity index (χ4v) is 2.67. The number of nitrogens with zero attached hydrogens (tertiary/aromatic N) is 2. The number of hydrogen-bond acceptors (Lipinski definition) is 3. The van der Waals surface area contributed by atoms with Crippen molar-refractivity contribution in [2.24, 2.45) is 0 Å². The lowest BCUT2D eigenvalue weighted by Crippen LogP contribution is -2.47. The summed E-state index contributed by atoms with van der Waals surface area (Å²) in [6, 6.07) is 6.70. The van der Waals surface area contributed by atoms with Crippen LogP contribution in [0.25, 0.3) is 0 Å². The van der Waals surface area contributed by atoms with Gasteiger partial charge in [-0.15, -0.1) is 0 Å². The van der Waals surface area contributed by atoms with Crippen LogP contribution in [0, 0.1) is 13.8 Å². The summed E-state index contributed by atoms with van der Waals surface area (Å²) in [6.07, 6.45) is 0.892. The molecule has 1 aromatic rings. The van der Waals surface area contributed by atoms with Crippen LogP contribution in [0.5, 0.6) is 0 Å². The largest absolute Gasteiger partial charge is 0.396 e. The smallest absolute Gasteiger partial charge is 0.0443 e. The molecule has 1 aromatic carbocycles. The molecular formula is C15H24N2O. The normalized spacial score (nSPS) is 17.2. The molecule has 1 N–H and O–H groups in total. The van der Waals surface area contributed by atoms with E-state index in [4.69, 9.17) is 5.11 Å². The molecule has 0 atom stereocenters. The Bertz CT molecular complexity index is 384. The molecule has 1 aliphatic rings. The number of anilines is 1. The minimum atomic E-state index is 0.303. The molecule has 100 valence electrons. The fourth-order valence-electron chi connectivity index (χ4n) is 2.67. The van der Waals surface area contributed by atoms with Crippen molar-refractivity contribution in [2.75, 3.05) is 44.2 Å². The Morgan fingerprint density at radius 3 is 2.44 bits per heavy atom. The number of aliphatic hydroxyl groups excluding tert-OH is 1. The molecule has 0 bridgehead atoms. The van der Waals surface area contributed by atoms with Gasteiger partial charge in [-0.25, -0.2) is 0 Å². The van der Waals surface area contributed by atoms with Gasteiger partial charge >= 0.3 is 0 Å². The first-order valence-electron chi connectivity index (χ1n) is 6.86. The highest BCUT2D eigenvalue weighted by Gasteiger charge is 2.17. The number of rotatable bonds is 4. The van der Waals surface area contributed by atoms with E-state index in [0.29, 0.717) is 6.61 Å². The van der Waals surface area contributed by atoms with E-state index < -0.39 is 0 Å². The van der Waals surface area contributed by atoms with Gasteiger partial charge in [0.1, 0.15) is 0 Å². The van der Waals surface area contributed by atoms with E-state index in [9.17, 15) is 0 Å². The van der Waals surface area contributed by atoms with Crippen molar-refractivity contribution in [3.05, 3.63) is 29.3 Å². The molecule has 0 saturated carbocycles. The molecule has 0 unspecified atom stereocenters. The molecule has 1 saturated heterocycles. The minimum Gasteiger partial charge on any atom is -0.396 e. The van der Waals surface area contributed by atoms with Gasteiger partial charge in [0.2, 0.25) is 0 Å². The number of piperazine rings is 1. The summed E-state index contributed by atoms with van der Waals surface area (Å²) in [5.41, 5.74) is 4.08. The third kappa shape index (κ3) is 3.24. The summed E-state index contributed by atoms with van der Waals surface area (Å²) in [5.74, 6) is 0. The Morgan fingerprint density at radius 2 is 1.83 bits per heavy atom. The Kier molecular flexibility index (Phi) is 4.61. The zero-order chi connectivity index (χ0) is 13.0. The van der Waals surface area contributed by atoms with Crippen LogP contribution in [0.1, 0.15) is 17.5 Å². The highest BCUT2D eigenvalue weighted by molar-refractivity contribution is 5.54. The van der Waals surface area contributed by atoms with Gasteiger partial charge in [-0.2, -0.15) is 0 Å². The molecule has 18 heavy (non-hydrogen) atoms. The number of aryl methyl sites for hydroxylation is 2. The van der Waals surface area contributed by atoms with Gasteiger partial charge < -0.3 is 10.0 Å². The molecule has 0 spiro atoms. The zero-order valence-corrected chi connectivity index (χ0v) is 11.5. The Balaban J connectivity index is 1.93. The predicted octanol–water partition coefficient (Wildman–Crippen LogP) is 1.81. The maximum atomic E-state index is 8.85. The Labute approximate surface area is 110 Å². The zero-order valence-electron chi connectivity index (χ0n) is 11.5. The van der Waals surface area contributed by atoms with Crippen molar-refractivity contribution >= 4 is 5.69 Å². The maximum Gasteiger partial charge on any atom is 0.0443 e. The first-order valence-corrected chi connectivity index (χ1v) is 6.86. The summed E-state index contributed by atoms with van der Waals surface area (Å²) in [5, 5.41) is 8.85. The predicted molar refractivity (Wildman–Crippen MR) is 76.3 cm³/mol. The third-order valence-electron chi connectivity index (χ3n) is 3.70. The SMILES string of the molecule is Cc1ccc(N2CCN(CCCO)CC2)c(C)c1. The first-order chi connectivity index (χ1) is 8.70. The van der Waals surface area contributed by atoms with Gasteiger partial charge in [0.05, 0.1) is 0 Å². The molecule has 0 radical (unpaired) electrons. The van der Waals surface area contributed by atoms with Gasteiger partial charge in [-0.3, -0.25) is 4.90 Å². The van der Waals surface area contributed by atoms with E-state index in [0.717, 1.165) is 39.1 Å². The van der Waals surface area contributed by atoms with Crippen LogP contribution in [0.3, 0.4) is 0 Å². The van der Waals surface area contributed by atoms with Gasteiger partial charge in [0, 0.05) is 45.0 Å². The highest BCUT2D eigenvalue weighted by atomic mass is 16.3. The van der Waals surface area contributed by atoms with Crippen LogP contribution < -0.4 is 4.90 Å². The summed E-state index contributed by atoms with van der Waals surface area (Å²) in [6.45, 7) is 10.1. The van der Waals surface area contributed by atoms with Crippen molar-refractivity contribution in [3.8, 4) is 0 Å². The van der Waals surface area contributed by atoms with Crippen molar-refractivity contribution in [2.45, 2.75) is 20.3 Å². The van der Waals surface area contributed by atoms with Crippen molar-refractivity contribution in [3.63, 3.8) is 0 Å². The minimum absolute atomic E-state index is 0.303. The number of aliphatic hydroxyl groups is 1. The molecule has 3 heteroatoms. The van der Waals surface area contributed by atoms with E-state index in [1.807, 2.05) is 0 Å². The average Bonchev–Trinajstić information content (AvgIpc) is 2.37. The molecule has 1 aliphatic heterocycles. The van der Waals surface area contributed by atoms with E-state index in [2.05, 4.69) is 41.8 Å². The van der Waals surface area contributed by atoms with Gasteiger partial charge in [-0.1, -0.05) is 17.7 Å². The molecule has 2 rings (SSSR count). The van der Waals surface area contributed by atoms with E-state index in [-0.39, 0.29) is 0 Å². The van der Waals surface area contributed by atoms with E-state index in [1.165, 1.54) is 16.8 Å². The summed E-state index contributed by atoms with van der Waals surface area (Å²) in [4.78, 5) is 4.92. The van der Waals surface area contributed by atoms with Gasteiger partial charge in [0.15, 0.2) is 0 Å². The second-order valence-corrected chi connectivity index (χ2v) is 5.20. The van der Waals surface area contributed by atoms with Crippen LogP contribution in [-0.4, -0.2) is 49.3 Å². The van der Waals surface area contributed by atoms with Crippen molar-refractivity contribution < 1.29 is 5.11 Å². The Morgan fingerprint density at radius 1 is 1.11 bits per heavy atom. The Hall–Kier alpha value is -1.06. The lowest BCUT2D eigenvalue weighted by Gasteiger charge is -2.36. The second-order valence-electron chi connectivity index (χ2n) is 5.20. The average molecular weight is 248 g/mol. The third-order valence-corrected chi connectivity index (χ3v) is 3.70. The van der Waals surface area contributed by atoms with Gasteiger partial charge in [0.25, 0.3) is 0 Å². The molecule has 1 fully saturated rings. The molecule has 0 amide bonds. The lowest BCUT2D eigenvalue weighted by atomic mass is 10.1. The lowest BCUT2D eigenvalue weighted by molar-refractivity contribution is 0.216. The molecule has 0 aliphatic carbocycles. The van der Waals surface area contributed by atoms with E-state index >= 15 is 0 Å². The number of hydrogen-bond donors (Lipinski definition) is 1. The maximum absolute atomic E-state index is 8.85. The fraction of sp³-hybridized carbons (Fsp3) is 0.600. The van der Waals surface area contributed by atoms with Crippen LogP contribution in [0.2, 0.25) is 0 Å².